The molecule has 0 radical (unpaired) electrons. The molecule has 1 aromatic carbocycles. The Morgan fingerprint density at radius 1 is 1.20 bits per heavy atom. The molecule has 7 nitrogen and oxygen atoms in total. The van der Waals surface area contributed by atoms with Crippen molar-refractivity contribution >= 4 is 41.7 Å². The first-order chi connectivity index (χ1) is 13.7. The van der Waals surface area contributed by atoms with Crippen LogP contribution in [0.5, 0.6) is 0 Å². The van der Waals surface area contributed by atoms with Crippen LogP contribution in [0.2, 0.25) is 0 Å². The maximum Gasteiger partial charge on any atom is 0.412 e. The molecule has 1 aliphatic carbocycles. The van der Waals surface area contributed by atoms with Crippen LogP contribution in [-0.4, -0.2) is 62.8 Å². The van der Waals surface area contributed by atoms with E-state index in [0.29, 0.717) is 6.04 Å². The van der Waals surface area contributed by atoms with E-state index in [1.54, 1.807) is 7.05 Å². The number of hydrogen-bond acceptors (Lipinski definition) is 4. The van der Waals surface area contributed by atoms with Crippen LogP contribution in [0.3, 0.4) is 0 Å². The number of carbonyl (C=O) groups is 1. The van der Waals surface area contributed by atoms with Crippen molar-refractivity contribution in [2.24, 2.45) is 10.9 Å². The van der Waals surface area contributed by atoms with Crippen LogP contribution in [-0.2, 0) is 11.2 Å². The van der Waals surface area contributed by atoms with Gasteiger partial charge in [-0.05, 0) is 77.7 Å². The summed E-state index contributed by atoms with van der Waals surface area (Å²) in [5.41, 5.74) is 1.41. The van der Waals surface area contributed by atoms with Gasteiger partial charge in [0.1, 0.15) is 5.60 Å². The van der Waals surface area contributed by atoms with Gasteiger partial charge in [-0.2, -0.15) is 0 Å². The highest BCUT2D eigenvalue weighted by atomic mass is 127. The van der Waals surface area contributed by atoms with Gasteiger partial charge >= 0.3 is 6.09 Å². The molecule has 1 atom stereocenters. The van der Waals surface area contributed by atoms with Gasteiger partial charge in [0.2, 0.25) is 0 Å². The van der Waals surface area contributed by atoms with Crippen molar-refractivity contribution < 1.29 is 9.53 Å². The Morgan fingerprint density at radius 3 is 2.33 bits per heavy atom. The predicted octanol–water partition coefficient (Wildman–Crippen LogP) is 3.70. The minimum absolute atomic E-state index is 0. The zero-order valence-corrected chi connectivity index (χ0v) is 21.4. The van der Waals surface area contributed by atoms with E-state index >= 15 is 0 Å². The van der Waals surface area contributed by atoms with Gasteiger partial charge in [0.25, 0.3) is 0 Å². The number of nitrogens with one attached hydrogen (secondary N) is 3. The number of hydrogen-bond donors (Lipinski definition) is 3. The van der Waals surface area contributed by atoms with Crippen molar-refractivity contribution in [2.75, 3.05) is 39.5 Å². The summed E-state index contributed by atoms with van der Waals surface area (Å²) in [4.78, 5) is 18.4. The van der Waals surface area contributed by atoms with Gasteiger partial charge in [-0.15, -0.1) is 24.0 Å². The van der Waals surface area contributed by atoms with Gasteiger partial charge in [-0.1, -0.05) is 12.1 Å². The molecule has 0 saturated heterocycles. The molecule has 0 spiro atoms. The number of nitrogens with zero attached hydrogens (tertiary/aromatic N) is 2. The molecular weight excluding hydrogens is 493 g/mol. The topological polar surface area (TPSA) is 78.0 Å². The average Bonchev–Trinajstić information content (AvgIpc) is 3.45. The Balaban J connectivity index is 0.00000450. The molecule has 1 aliphatic rings. The van der Waals surface area contributed by atoms with E-state index in [2.05, 4.69) is 39.9 Å². The largest absolute Gasteiger partial charge is 0.444 e. The first-order valence-corrected chi connectivity index (χ1v) is 10.4. The van der Waals surface area contributed by atoms with E-state index in [9.17, 15) is 4.79 Å². The fourth-order valence-electron chi connectivity index (χ4n) is 3.18. The SMILES string of the molecule is CN=C(NCCc1ccc(NC(=O)OC(C)(C)C)cc1)NCC(C1CC1)N(C)C.I. The van der Waals surface area contributed by atoms with Gasteiger partial charge in [0, 0.05) is 31.9 Å². The Bertz CT molecular complexity index is 680. The molecule has 1 unspecified atom stereocenters. The van der Waals surface area contributed by atoms with Crippen molar-refractivity contribution in [3.8, 4) is 0 Å². The number of guanidine groups is 1. The number of carbonyl (C=O) groups excluding carboxylic acids is 1. The molecule has 1 aromatic rings. The molecule has 0 heterocycles. The second-order valence-electron chi connectivity index (χ2n) is 8.82. The number of anilines is 1. The van der Waals surface area contributed by atoms with E-state index in [1.165, 1.54) is 18.4 Å². The zero-order valence-electron chi connectivity index (χ0n) is 19.1. The second kappa shape index (κ2) is 12.3. The van der Waals surface area contributed by atoms with Crippen LogP contribution < -0.4 is 16.0 Å². The Kier molecular flexibility index (Phi) is 10.9. The fourth-order valence-corrected chi connectivity index (χ4v) is 3.18. The number of benzene rings is 1. The van der Waals surface area contributed by atoms with Crippen molar-refractivity contribution in [1.29, 1.82) is 0 Å². The minimum atomic E-state index is -0.506. The fraction of sp³-hybridized carbons (Fsp3) is 0.636. The lowest BCUT2D eigenvalue weighted by Gasteiger charge is -2.25. The van der Waals surface area contributed by atoms with Gasteiger partial charge < -0.3 is 20.3 Å². The summed E-state index contributed by atoms with van der Waals surface area (Å²) in [6, 6.07) is 8.37. The van der Waals surface area contributed by atoms with E-state index in [4.69, 9.17) is 4.74 Å². The number of aliphatic imine (C=N–C) groups is 1. The molecule has 0 bridgehead atoms. The monoisotopic (exact) mass is 531 g/mol. The highest BCUT2D eigenvalue weighted by Gasteiger charge is 2.32. The first-order valence-electron chi connectivity index (χ1n) is 10.4. The van der Waals surface area contributed by atoms with Crippen LogP contribution in [0.25, 0.3) is 0 Å². The minimum Gasteiger partial charge on any atom is -0.444 e. The summed E-state index contributed by atoms with van der Waals surface area (Å²) < 4.78 is 5.27. The third kappa shape index (κ3) is 9.97. The summed E-state index contributed by atoms with van der Waals surface area (Å²) >= 11 is 0. The van der Waals surface area contributed by atoms with Crippen molar-refractivity contribution in [3.63, 3.8) is 0 Å². The summed E-state index contributed by atoms with van der Waals surface area (Å²) in [7, 11) is 6.08. The predicted molar refractivity (Wildman–Crippen MR) is 135 cm³/mol. The van der Waals surface area contributed by atoms with Gasteiger partial charge in [0.15, 0.2) is 5.96 Å². The molecule has 1 amide bonds. The normalized spacial score (nSPS) is 15.2. The molecule has 170 valence electrons. The molecule has 2 rings (SSSR count). The Labute approximate surface area is 198 Å². The van der Waals surface area contributed by atoms with Gasteiger partial charge in [0.05, 0.1) is 0 Å². The molecule has 0 aromatic heterocycles. The van der Waals surface area contributed by atoms with Crippen LogP contribution in [0.4, 0.5) is 10.5 Å². The number of halogens is 1. The molecular formula is C22H38IN5O2. The zero-order chi connectivity index (χ0) is 21.4. The Morgan fingerprint density at radius 2 is 1.83 bits per heavy atom. The average molecular weight is 531 g/mol. The molecule has 3 N–H and O–H groups in total. The summed E-state index contributed by atoms with van der Waals surface area (Å²) in [6.07, 6.45) is 3.08. The van der Waals surface area contributed by atoms with Crippen molar-refractivity contribution in [2.45, 2.75) is 51.7 Å². The number of likely N-dealkylation sites (N-methyl/N-ethyl adjacent to an activating group) is 1. The maximum absolute atomic E-state index is 11.8. The summed E-state index contributed by atoms with van der Waals surface area (Å²) in [5.74, 6) is 1.64. The van der Waals surface area contributed by atoms with E-state index in [0.717, 1.165) is 37.1 Å². The quantitative estimate of drug-likeness (QED) is 0.271. The lowest BCUT2D eigenvalue weighted by molar-refractivity contribution is 0.0636. The second-order valence-corrected chi connectivity index (χ2v) is 8.82. The third-order valence-electron chi connectivity index (χ3n) is 4.84. The van der Waals surface area contributed by atoms with Crippen molar-refractivity contribution in [1.82, 2.24) is 15.5 Å². The summed E-state index contributed by atoms with van der Waals surface area (Å²) in [5, 5.41) is 9.57. The number of amides is 1. The smallest absolute Gasteiger partial charge is 0.412 e. The highest BCUT2D eigenvalue weighted by molar-refractivity contribution is 14.0. The van der Waals surface area contributed by atoms with Crippen LogP contribution in [0, 0.1) is 5.92 Å². The van der Waals surface area contributed by atoms with Gasteiger partial charge in [-0.3, -0.25) is 10.3 Å². The van der Waals surface area contributed by atoms with E-state index in [1.807, 2.05) is 45.0 Å². The molecule has 8 heteroatoms. The molecule has 30 heavy (non-hydrogen) atoms. The third-order valence-corrected chi connectivity index (χ3v) is 4.84. The standard InChI is InChI=1S/C22H37N5O2.HI/c1-22(2,3)29-21(28)26-18-11-7-16(8-12-18)13-14-24-20(23-4)25-15-19(27(5)6)17-9-10-17;/h7-8,11-12,17,19H,9-10,13-15H2,1-6H3,(H,26,28)(H2,23,24,25);1H. The maximum atomic E-state index is 11.8. The van der Waals surface area contributed by atoms with Crippen LogP contribution >= 0.6 is 24.0 Å². The first kappa shape index (κ1) is 26.5. The number of rotatable bonds is 8. The lowest BCUT2D eigenvalue weighted by Crippen LogP contribution is -2.46. The molecule has 1 saturated carbocycles. The lowest BCUT2D eigenvalue weighted by atomic mass is 10.1. The van der Waals surface area contributed by atoms with Crippen LogP contribution in [0.15, 0.2) is 29.3 Å². The van der Waals surface area contributed by atoms with Gasteiger partial charge in [-0.25, -0.2) is 4.79 Å². The highest BCUT2D eigenvalue weighted by Crippen LogP contribution is 2.34. The molecule has 1 fully saturated rings. The van der Waals surface area contributed by atoms with Crippen molar-refractivity contribution in [3.05, 3.63) is 29.8 Å². The molecule has 0 aliphatic heterocycles. The summed E-state index contributed by atoms with van der Waals surface area (Å²) in [6.45, 7) is 7.23. The Hall–Kier alpha value is -1.55. The van der Waals surface area contributed by atoms with E-state index in [-0.39, 0.29) is 24.0 Å². The van der Waals surface area contributed by atoms with E-state index < -0.39 is 11.7 Å². The van der Waals surface area contributed by atoms with Crippen LogP contribution in [0.1, 0.15) is 39.2 Å². The number of ether oxygens (including phenoxy) is 1.